The van der Waals surface area contributed by atoms with E-state index in [0.29, 0.717) is 5.56 Å². The van der Waals surface area contributed by atoms with Crippen LogP contribution in [0.2, 0.25) is 0 Å². The van der Waals surface area contributed by atoms with E-state index >= 15 is 0 Å². The van der Waals surface area contributed by atoms with Crippen molar-refractivity contribution >= 4 is 11.9 Å². The molecule has 0 saturated carbocycles. The zero-order valence-corrected chi connectivity index (χ0v) is 21.4. The van der Waals surface area contributed by atoms with Crippen LogP contribution in [0, 0.1) is 0 Å². The van der Waals surface area contributed by atoms with Gasteiger partial charge in [-0.05, 0) is 27.7 Å². The van der Waals surface area contributed by atoms with Gasteiger partial charge in [0.05, 0.1) is 6.54 Å². The Bertz CT molecular complexity index is 1540. The van der Waals surface area contributed by atoms with Crippen molar-refractivity contribution in [2.75, 3.05) is 6.54 Å². The number of carbonyl (C=O) groups is 2. The number of aliphatic carboxylic acids is 1. The number of amides is 1. The predicted octanol–water partition coefficient (Wildman–Crippen LogP) is 4.44. The van der Waals surface area contributed by atoms with Crippen molar-refractivity contribution in [3.05, 3.63) is 106 Å². The Hall–Kier alpha value is -4.72. The molecule has 1 aromatic heterocycles. The lowest BCUT2D eigenvalue weighted by Crippen LogP contribution is -2.37. The van der Waals surface area contributed by atoms with Gasteiger partial charge in [0, 0.05) is 5.56 Å². The summed E-state index contributed by atoms with van der Waals surface area (Å²) < 4.78 is 1.34. The Balaban J connectivity index is 1.90. The minimum absolute atomic E-state index is 0.0510. The first-order valence-corrected chi connectivity index (χ1v) is 12.1. The number of hydrogen-bond acceptors (Lipinski definition) is 5. The van der Waals surface area contributed by atoms with Crippen LogP contribution in [-0.4, -0.2) is 38.2 Å². The van der Waals surface area contributed by atoms with Gasteiger partial charge in [-0.3, -0.25) is 19.0 Å². The molecule has 38 heavy (non-hydrogen) atoms. The van der Waals surface area contributed by atoms with E-state index in [1.54, 1.807) is 12.1 Å². The molecule has 8 heteroatoms. The summed E-state index contributed by atoms with van der Waals surface area (Å²) in [5.41, 5.74) is 2.75. The maximum absolute atomic E-state index is 13.7. The molecule has 0 atom stereocenters. The van der Waals surface area contributed by atoms with E-state index in [-0.39, 0.29) is 17.8 Å². The normalized spacial score (nSPS) is 11.2. The maximum Gasteiger partial charge on any atom is 0.322 e. The Labute approximate surface area is 220 Å². The van der Waals surface area contributed by atoms with Gasteiger partial charge < -0.3 is 15.5 Å². The van der Waals surface area contributed by atoms with E-state index < -0.39 is 35.4 Å². The van der Waals surface area contributed by atoms with E-state index in [9.17, 15) is 19.5 Å². The number of carboxylic acids is 1. The van der Waals surface area contributed by atoms with E-state index in [1.165, 1.54) is 4.57 Å². The summed E-state index contributed by atoms with van der Waals surface area (Å²) in [4.78, 5) is 41.6. The lowest BCUT2D eigenvalue weighted by Gasteiger charge is -2.20. The van der Waals surface area contributed by atoms with Crippen molar-refractivity contribution in [1.29, 1.82) is 0 Å². The third-order valence-electron chi connectivity index (χ3n) is 6.19. The standard InChI is InChI=1S/C30H29N3O5/c1-30(2,3)21-15-13-19(14-16-21)18-33-26(23-12-8-7-11-22(23)20-9-5-4-6-10-20)32-28(37)25(29(33)38)27(36)31-17-24(34)35/h4-16,37H,17-18H2,1-3H3,(H,31,36)(H,34,35). The van der Waals surface area contributed by atoms with Gasteiger partial charge in [-0.25, -0.2) is 0 Å². The third kappa shape index (κ3) is 5.64. The van der Waals surface area contributed by atoms with Gasteiger partial charge in [0.1, 0.15) is 12.4 Å². The van der Waals surface area contributed by atoms with Crippen LogP contribution in [0.3, 0.4) is 0 Å². The number of nitrogens with zero attached hydrogens (tertiary/aromatic N) is 2. The molecule has 0 spiro atoms. The molecule has 194 valence electrons. The van der Waals surface area contributed by atoms with Gasteiger partial charge >= 0.3 is 5.97 Å². The summed E-state index contributed by atoms with van der Waals surface area (Å²) in [6.07, 6.45) is 0. The van der Waals surface area contributed by atoms with Crippen LogP contribution in [-0.2, 0) is 16.8 Å². The number of benzene rings is 3. The van der Waals surface area contributed by atoms with Gasteiger partial charge in [-0.2, -0.15) is 4.98 Å². The molecule has 1 amide bonds. The van der Waals surface area contributed by atoms with Crippen molar-refractivity contribution in [2.45, 2.75) is 32.7 Å². The molecule has 0 unspecified atom stereocenters. The summed E-state index contributed by atoms with van der Waals surface area (Å²) >= 11 is 0. The number of aromatic nitrogens is 2. The predicted molar refractivity (Wildman–Crippen MR) is 145 cm³/mol. The van der Waals surface area contributed by atoms with Gasteiger partial charge in [-0.1, -0.05) is 99.6 Å². The number of carbonyl (C=O) groups excluding carboxylic acids is 1. The first-order valence-electron chi connectivity index (χ1n) is 12.1. The molecule has 0 aliphatic rings. The first-order chi connectivity index (χ1) is 18.1. The fourth-order valence-electron chi connectivity index (χ4n) is 4.18. The van der Waals surface area contributed by atoms with Crippen molar-refractivity contribution < 1.29 is 19.8 Å². The molecular weight excluding hydrogens is 482 g/mol. The Kier molecular flexibility index (Phi) is 7.43. The number of aromatic hydroxyl groups is 1. The van der Waals surface area contributed by atoms with Crippen LogP contribution in [0.15, 0.2) is 83.7 Å². The number of hydrogen-bond donors (Lipinski definition) is 3. The lowest BCUT2D eigenvalue weighted by atomic mass is 9.87. The maximum atomic E-state index is 13.7. The van der Waals surface area contributed by atoms with Crippen molar-refractivity contribution in [2.24, 2.45) is 0 Å². The van der Waals surface area contributed by atoms with Gasteiger partial charge in [0.2, 0.25) is 5.88 Å². The van der Waals surface area contributed by atoms with Crippen molar-refractivity contribution in [3.8, 4) is 28.4 Å². The third-order valence-corrected chi connectivity index (χ3v) is 6.19. The SMILES string of the molecule is CC(C)(C)c1ccc(Cn2c(-c3ccccc3-c3ccccc3)nc(O)c(C(=O)NCC(=O)O)c2=O)cc1. The first kappa shape index (κ1) is 26.3. The molecule has 4 rings (SSSR count). The largest absolute Gasteiger partial charge is 0.493 e. The molecule has 0 aliphatic heterocycles. The van der Waals surface area contributed by atoms with Crippen LogP contribution in [0.1, 0.15) is 42.3 Å². The molecular formula is C30H29N3O5. The Morgan fingerprint density at radius 2 is 1.50 bits per heavy atom. The average Bonchev–Trinajstić information content (AvgIpc) is 2.89. The number of carboxylic acid groups (broad SMARTS) is 1. The molecule has 0 fully saturated rings. The van der Waals surface area contributed by atoms with Crippen LogP contribution in [0.25, 0.3) is 22.5 Å². The molecule has 0 bridgehead atoms. The smallest absolute Gasteiger partial charge is 0.322 e. The second-order valence-corrected chi connectivity index (χ2v) is 9.96. The molecule has 0 saturated heterocycles. The van der Waals surface area contributed by atoms with Crippen LogP contribution < -0.4 is 10.9 Å². The fourth-order valence-corrected chi connectivity index (χ4v) is 4.18. The highest BCUT2D eigenvalue weighted by Crippen LogP contribution is 2.32. The van der Waals surface area contributed by atoms with Gasteiger partial charge in [-0.15, -0.1) is 0 Å². The summed E-state index contributed by atoms with van der Waals surface area (Å²) in [6, 6.07) is 24.7. The molecule has 3 N–H and O–H groups in total. The average molecular weight is 512 g/mol. The minimum Gasteiger partial charge on any atom is -0.493 e. The second kappa shape index (κ2) is 10.7. The van der Waals surface area contributed by atoms with Gasteiger partial charge in [0.15, 0.2) is 5.56 Å². The van der Waals surface area contributed by atoms with E-state index in [2.05, 4.69) is 31.1 Å². The van der Waals surface area contributed by atoms with E-state index in [4.69, 9.17) is 5.11 Å². The zero-order chi connectivity index (χ0) is 27.4. The van der Waals surface area contributed by atoms with Crippen molar-refractivity contribution in [3.63, 3.8) is 0 Å². The topological polar surface area (TPSA) is 122 Å². The molecule has 4 aromatic rings. The van der Waals surface area contributed by atoms with Crippen LogP contribution in [0.5, 0.6) is 5.88 Å². The van der Waals surface area contributed by atoms with Gasteiger partial charge in [0.25, 0.3) is 11.5 Å². The number of rotatable bonds is 7. The lowest BCUT2D eigenvalue weighted by molar-refractivity contribution is -0.135. The van der Waals surface area contributed by atoms with Crippen LogP contribution in [0.4, 0.5) is 0 Å². The van der Waals surface area contributed by atoms with Crippen molar-refractivity contribution in [1.82, 2.24) is 14.9 Å². The molecule has 0 aliphatic carbocycles. The Morgan fingerprint density at radius 3 is 2.11 bits per heavy atom. The quantitative estimate of drug-likeness (QED) is 0.337. The molecule has 0 radical (unpaired) electrons. The monoisotopic (exact) mass is 511 g/mol. The summed E-state index contributed by atoms with van der Waals surface area (Å²) in [5, 5.41) is 21.8. The van der Waals surface area contributed by atoms with Crippen LogP contribution >= 0.6 is 0 Å². The molecule has 1 heterocycles. The highest BCUT2D eigenvalue weighted by atomic mass is 16.4. The zero-order valence-electron chi connectivity index (χ0n) is 21.4. The molecule has 3 aromatic carbocycles. The summed E-state index contributed by atoms with van der Waals surface area (Å²) in [7, 11) is 0. The van der Waals surface area contributed by atoms with E-state index in [1.807, 2.05) is 66.7 Å². The fraction of sp³-hybridized carbons (Fsp3) is 0.200. The number of nitrogens with one attached hydrogen (secondary N) is 1. The molecule has 8 nitrogen and oxygen atoms in total. The Morgan fingerprint density at radius 1 is 0.895 bits per heavy atom. The second-order valence-electron chi connectivity index (χ2n) is 9.96. The summed E-state index contributed by atoms with van der Waals surface area (Å²) in [6.45, 7) is 5.70. The minimum atomic E-state index is -1.28. The highest BCUT2D eigenvalue weighted by molar-refractivity contribution is 5.97. The highest BCUT2D eigenvalue weighted by Gasteiger charge is 2.25. The summed E-state index contributed by atoms with van der Waals surface area (Å²) in [5.74, 6) is -2.88. The van der Waals surface area contributed by atoms with E-state index in [0.717, 1.165) is 22.3 Å².